The number of piperidine rings is 1. The normalized spacial score (nSPS) is 24.6. The molecule has 0 unspecified atom stereocenters. The molecular formula is C20H34N6O2. The Morgan fingerprint density at radius 1 is 1.36 bits per heavy atom. The second-order valence-electron chi connectivity index (χ2n) is 8.34. The number of hydrogen-bond acceptors (Lipinski definition) is 8. The molecule has 3 rings (SSSR count). The minimum atomic E-state index is 0.0555. The number of methoxy groups -OCH3 is 1. The topological polar surface area (TPSA) is 115 Å². The smallest absolute Gasteiger partial charge is 0.261 e. The quantitative estimate of drug-likeness (QED) is 0.575. The van der Waals surface area contributed by atoms with Crippen molar-refractivity contribution in [3.8, 4) is 0 Å². The molecule has 2 atom stereocenters. The first-order valence-corrected chi connectivity index (χ1v) is 10.2. The molecule has 0 amide bonds. The van der Waals surface area contributed by atoms with Crippen LogP contribution in [0.15, 0.2) is 22.1 Å². The molecule has 156 valence electrons. The van der Waals surface area contributed by atoms with E-state index in [0.717, 1.165) is 38.2 Å². The third-order valence-electron chi connectivity index (χ3n) is 5.25. The van der Waals surface area contributed by atoms with Crippen LogP contribution in [-0.2, 0) is 4.74 Å². The largest absolute Gasteiger partial charge is 0.402 e. The Kier molecular flexibility index (Phi) is 6.61. The fourth-order valence-corrected chi connectivity index (χ4v) is 3.49. The predicted octanol–water partition coefficient (Wildman–Crippen LogP) is 1.77. The van der Waals surface area contributed by atoms with Gasteiger partial charge in [-0.2, -0.15) is 4.98 Å². The lowest BCUT2D eigenvalue weighted by molar-refractivity contribution is 0.0155. The van der Waals surface area contributed by atoms with Crippen LogP contribution >= 0.6 is 0 Å². The molecule has 2 heterocycles. The first kappa shape index (κ1) is 20.7. The van der Waals surface area contributed by atoms with Gasteiger partial charge in [0, 0.05) is 37.9 Å². The number of allylic oxidation sites excluding steroid dienone is 3. The lowest BCUT2D eigenvalue weighted by atomic mass is 10.00. The molecule has 0 aromatic carbocycles. The van der Waals surface area contributed by atoms with E-state index in [2.05, 4.69) is 34.2 Å². The zero-order chi connectivity index (χ0) is 20.3. The van der Waals surface area contributed by atoms with Crippen molar-refractivity contribution in [2.24, 2.45) is 17.4 Å². The number of likely N-dealkylation sites (tertiary alicyclic amines) is 1. The summed E-state index contributed by atoms with van der Waals surface area (Å²) < 4.78 is 11.3. The summed E-state index contributed by atoms with van der Waals surface area (Å²) in [7, 11) is 1.75. The van der Waals surface area contributed by atoms with E-state index >= 15 is 0 Å². The number of nitrogens with zero attached hydrogens (tertiary/aromatic N) is 3. The van der Waals surface area contributed by atoms with Crippen LogP contribution in [0.2, 0.25) is 0 Å². The van der Waals surface area contributed by atoms with Crippen LogP contribution in [-0.4, -0.2) is 53.9 Å². The molecule has 2 fully saturated rings. The SMILES string of the molecule is CO[C@H]1CN(/C(N)=C(/C=C(/C)N)c2nc(C3CC3)no2)CC[C@H]1NCC(C)C. The fourth-order valence-electron chi connectivity index (χ4n) is 3.49. The van der Waals surface area contributed by atoms with Gasteiger partial charge < -0.3 is 30.9 Å². The molecule has 8 heteroatoms. The maximum atomic E-state index is 6.56. The van der Waals surface area contributed by atoms with Gasteiger partial charge in [-0.25, -0.2) is 0 Å². The Bertz CT molecular complexity index is 718. The second-order valence-corrected chi connectivity index (χ2v) is 8.34. The minimum absolute atomic E-state index is 0.0555. The van der Waals surface area contributed by atoms with Crippen LogP contribution in [0, 0.1) is 5.92 Å². The van der Waals surface area contributed by atoms with E-state index in [0.29, 0.717) is 47.4 Å². The van der Waals surface area contributed by atoms with E-state index in [4.69, 9.17) is 20.7 Å². The Balaban J connectivity index is 1.79. The number of ether oxygens (including phenoxy) is 1. The van der Waals surface area contributed by atoms with E-state index in [9.17, 15) is 0 Å². The molecule has 0 bridgehead atoms. The number of aromatic nitrogens is 2. The van der Waals surface area contributed by atoms with Gasteiger partial charge >= 0.3 is 0 Å². The summed E-state index contributed by atoms with van der Waals surface area (Å²) in [6, 6.07) is 0.316. The van der Waals surface area contributed by atoms with Crippen molar-refractivity contribution in [3.63, 3.8) is 0 Å². The predicted molar refractivity (Wildman–Crippen MR) is 109 cm³/mol. The van der Waals surface area contributed by atoms with Crippen molar-refractivity contribution in [1.29, 1.82) is 0 Å². The third kappa shape index (κ3) is 5.05. The molecular weight excluding hydrogens is 356 g/mol. The molecule has 5 N–H and O–H groups in total. The minimum Gasteiger partial charge on any atom is -0.402 e. The summed E-state index contributed by atoms with van der Waals surface area (Å²) >= 11 is 0. The van der Waals surface area contributed by atoms with Gasteiger partial charge in [0.05, 0.1) is 11.7 Å². The molecule has 0 spiro atoms. The molecule has 8 nitrogen and oxygen atoms in total. The van der Waals surface area contributed by atoms with Crippen LogP contribution in [0.3, 0.4) is 0 Å². The van der Waals surface area contributed by atoms with Gasteiger partial charge in [0.2, 0.25) is 0 Å². The highest BCUT2D eigenvalue weighted by Crippen LogP contribution is 2.38. The van der Waals surface area contributed by atoms with Crippen molar-refractivity contribution in [2.75, 3.05) is 26.7 Å². The number of rotatable bonds is 8. The zero-order valence-electron chi connectivity index (χ0n) is 17.4. The van der Waals surface area contributed by atoms with Gasteiger partial charge in [-0.15, -0.1) is 0 Å². The highest BCUT2D eigenvalue weighted by atomic mass is 16.5. The molecule has 2 aliphatic rings. The maximum Gasteiger partial charge on any atom is 0.261 e. The Morgan fingerprint density at radius 3 is 2.71 bits per heavy atom. The summed E-state index contributed by atoms with van der Waals surface area (Å²) in [5, 5.41) is 7.73. The second kappa shape index (κ2) is 8.96. The average molecular weight is 391 g/mol. The molecule has 1 aromatic heterocycles. The molecule has 1 aromatic rings. The highest BCUT2D eigenvalue weighted by molar-refractivity contribution is 5.71. The van der Waals surface area contributed by atoms with Gasteiger partial charge in [0.1, 0.15) is 5.82 Å². The van der Waals surface area contributed by atoms with Crippen molar-refractivity contribution in [2.45, 2.75) is 58.1 Å². The summed E-state index contributed by atoms with van der Waals surface area (Å²) in [6.07, 6.45) is 5.05. The van der Waals surface area contributed by atoms with Crippen molar-refractivity contribution in [3.05, 3.63) is 29.3 Å². The lowest BCUT2D eigenvalue weighted by Gasteiger charge is -2.40. The Morgan fingerprint density at radius 2 is 2.11 bits per heavy atom. The number of hydrogen-bond donors (Lipinski definition) is 3. The van der Waals surface area contributed by atoms with Crippen LogP contribution < -0.4 is 16.8 Å². The van der Waals surface area contributed by atoms with E-state index in [1.807, 2.05) is 13.0 Å². The lowest BCUT2D eigenvalue weighted by Crippen LogP contribution is -2.54. The summed E-state index contributed by atoms with van der Waals surface area (Å²) in [5.74, 6) is 2.81. The molecule has 0 radical (unpaired) electrons. The molecule has 1 aliphatic carbocycles. The van der Waals surface area contributed by atoms with Gasteiger partial charge in [-0.3, -0.25) is 0 Å². The highest BCUT2D eigenvalue weighted by Gasteiger charge is 2.32. The van der Waals surface area contributed by atoms with Crippen LogP contribution in [0.5, 0.6) is 0 Å². The molecule has 1 saturated heterocycles. The van der Waals surface area contributed by atoms with Gasteiger partial charge in [0.15, 0.2) is 5.82 Å². The van der Waals surface area contributed by atoms with Crippen LogP contribution in [0.1, 0.15) is 57.7 Å². The Hall–Kier alpha value is -2.06. The summed E-state index contributed by atoms with van der Waals surface area (Å²) in [4.78, 5) is 6.68. The van der Waals surface area contributed by atoms with Crippen LogP contribution in [0.25, 0.3) is 5.57 Å². The van der Waals surface area contributed by atoms with E-state index in [1.54, 1.807) is 7.11 Å². The summed E-state index contributed by atoms with van der Waals surface area (Å²) in [5.41, 5.74) is 13.8. The third-order valence-corrected chi connectivity index (χ3v) is 5.25. The van der Waals surface area contributed by atoms with Gasteiger partial charge in [0.25, 0.3) is 5.89 Å². The van der Waals surface area contributed by atoms with E-state index in [-0.39, 0.29) is 6.10 Å². The monoisotopic (exact) mass is 390 g/mol. The molecule has 28 heavy (non-hydrogen) atoms. The van der Waals surface area contributed by atoms with Crippen molar-refractivity contribution < 1.29 is 9.26 Å². The first-order chi connectivity index (χ1) is 13.4. The van der Waals surface area contributed by atoms with Crippen molar-refractivity contribution >= 4 is 5.57 Å². The fraction of sp³-hybridized carbons (Fsp3) is 0.700. The Labute approximate surface area is 167 Å². The summed E-state index contributed by atoms with van der Waals surface area (Å²) in [6.45, 7) is 8.74. The number of nitrogens with two attached hydrogens (primary N) is 2. The van der Waals surface area contributed by atoms with E-state index in [1.165, 1.54) is 0 Å². The van der Waals surface area contributed by atoms with Gasteiger partial charge in [-0.1, -0.05) is 19.0 Å². The number of nitrogens with one attached hydrogen (secondary N) is 1. The van der Waals surface area contributed by atoms with Gasteiger partial charge in [-0.05, 0) is 44.7 Å². The average Bonchev–Trinajstić information content (AvgIpc) is 3.40. The first-order valence-electron chi connectivity index (χ1n) is 10.2. The van der Waals surface area contributed by atoms with Crippen LogP contribution in [0.4, 0.5) is 0 Å². The standard InChI is InChI=1S/C20H34N6O2/c1-12(2)10-23-16-7-8-26(11-17(16)27-4)18(22)15(9-13(3)21)20-24-19(25-28-20)14-5-6-14/h9,12,14,16-17,23H,5-8,10-11,21-22H2,1-4H3/b13-9-,18-15-/t16-,17+/m1/s1. The molecule has 1 saturated carbocycles. The maximum absolute atomic E-state index is 6.56. The van der Waals surface area contributed by atoms with Crippen molar-refractivity contribution in [1.82, 2.24) is 20.4 Å². The van der Waals surface area contributed by atoms with E-state index < -0.39 is 0 Å². The molecule has 1 aliphatic heterocycles. The zero-order valence-corrected chi connectivity index (χ0v) is 17.4.